The Morgan fingerprint density at radius 3 is 2.46 bits per heavy atom. The second-order valence-electron chi connectivity index (χ2n) is 11.2. The van der Waals surface area contributed by atoms with Crippen molar-refractivity contribution in [3.8, 4) is 11.8 Å². The summed E-state index contributed by atoms with van der Waals surface area (Å²) in [6.45, 7) is 14.9. The van der Waals surface area contributed by atoms with Crippen LogP contribution < -0.4 is 15.0 Å². The van der Waals surface area contributed by atoms with E-state index < -0.39 is 0 Å². The highest BCUT2D eigenvalue weighted by Gasteiger charge is 2.64. The van der Waals surface area contributed by atoms with Gasteiger partial charge in [-0.1, -0.05) is 39.3 Å². The van der Waals surface area contributed by atoms with Crippen molar-refractivity contribution in [2.75, 3.05) is 31.3 Å². The zero-order valence-corrected chi connectivity index (χ0v) is 22.7. The zero-order valence-electron chi connectivity index (χ0n) is 22.0. The molecule has 0 unspecified atom stereocenters. The monoisotopic (exact) mass is 522 g/mol. The highest BCUT2D eigenvalue weighted by Crippen LogP contribution is 2.55. The maximum absolute atomic E-state index is 13.2. The topological polar surface area (TPSA) is 86.9 Å². The average molecular weight is 523 g/mol. The maximum atomic E-state index is 13.2. The number of carbonyl (C=O) groups is 1. The molecule has 0 atom stereocenters. The molecule has 2 aromatic carbocycles. The summed E-state index contributed by atoms with van der Waals surface area (Å²) in [7, 11) is 0. The number of anilines is 1. The van der Waals surface area contributed by atoms with Gasteiger partial charge in [0.25, 0.3) is 5.91 Å². The van der Waals surface area contributed by atoms with Gasteiger partial charge in [0.2, 0.25) is 0 Å². The van der Waals surface area contributed by atoms with Gasteiger partial charge in [0.15, 0.2) is 0 Å². The Balaban J connectivity index is 1.32. The van der Waals surface area contributed by atoms with E-state index in [-0.39, 0.29) is 28.9 Å². The summed E-state index contributed by atoms with van der Waals surface area (Å²) in [5.74, 6) is 1.14. The van der Waals surface area contributed by atoms with Gasteiger partial charge in [-0.2, -0.15) is 5.26 Å². The summed E-state index contributed by atoms with van der Waals surface area (Å²) in [6, 6.07) is 14.9. The third-order valence-corrected chi connectivity index (χ3v) is 8.05. The van der Waals surface area contributed by atoms with E-state index in [4.69, 9.17) is 26.3 Å². The number of nitriles is 1. The van der Waals surface area contributed by atoms with Crippen LogP contribution in [0.2, 0.25) is 5.02 Å². The Bertz CT molecular complexity index is 1170. The second-order valence-corrected chi connectivity index (χ2v) is 11.6. The lowest BCUT2D eigenvalue weighted by Crippen LogP contribution is -2.74. The van der Waals surface area contributed by atoms with E-state index in [1.807, 2.05) is 24.3 Å². The lowest BCUT2D eigenvalue weighted by molar-refractivity contribution is -0.164. The SMILES string of the molecule is C=NCOCCC1CN(c2ccc(C(=O)NC3C(C)(C)C(Oc4ccc(C#N)c(Cl)c4)C3(C)C)cc2)C1. The number of carbonyl (C=O) groups excluding carboxylic acids is 1. The summed E-state index contributed by atoms with van der Waals surface area (Å²) in [5, 5.41) is 12.7. The largest absolute Gasteiger partial charge is 0.489 e. The van der Waals surface area contributed by atoms with Gasteiger partial charge in [0, 0.05) is 53.9 Å². The van der Waals surface area contributed by atoms with Gasteiger partial charge in [-0.25, -0.2) is 0 Å². The molecule has 1 aliphatic carbocycles. The van der Waals surface area contributed by atoms with Crippen LogP contribution in [0.5, 0.6) is 5.75 Å². The number of nitrogens with one attached hydrogen (secondary N) is 1. The van der Waals surface area contributed by atoms with Crippen LogP contribution in [0.25, 0.3) is 0 Å². The molecule has 1 heterocycles. The first-order chi connectivity index (χ1) is 17.6. The molecule has 4 rings (SSSR count). The molecular formula is C29H35ClN4O3. The summed E-state index contributed by atoms with van der Waals surface area (Å²) in [6.07, 6.45) is 0.872. The van der Waals surface area contributed by atoms with Gasteiger partial charge in [0.1, 0.15) is 24.7 Å². The minimum atomic E-state index is -0.308. The van der Waals surface area contributed by atoms with Crippen LogP contribution in [0.15, 0.2) is 47.5 Å². The van der Waals surface area contributed by atoms with Crippen molar-refractivity contribution < 1.29 is 14.3 Å². The fourth-order valence-electron chi connectivity index (χ4n) is 5.98. The highest BCUT2D eigenvalue weighted by atomic mass is 35.5. The van der Waals surface area contributed by atoms with Crippen LogP contribution >= 0.6 is 11.6 Å². The predicted octanol–water partition coefficient (Wildman–Crippen LogP) is 5.32. The Morgan fingerprint density at radius 2 is 1.86 bits per heavy atom. The molecule has 2 aromatic rings. The molecular weight excluding hydrogens is 488 g/mol. The predicted molar refractivity (Wildman–Crippen MR) is 147 cm³/mol. The van der Waals surface area contributed by atoms with E-state index in [0.717, 1.165) is 25.2 Å². The van der Waals surface area contributed by atoms with Gasteiger partial charge in [0.05, 0.1) is 10.6 Å². The average Bonchev–Trinajstić information content (AvgIpc) is 2.84. The molecule has 1 aliphatic heterocycles. The summed E-state index contributed by atoms with van der Waals surface area (Å²) in [5.41, 5.74) is 1.56. The number of halogens is 1. The maximum Gasteiger partial charge on any atom is 0.251 e. The first kappa shape index (κ1) is 27.0. The third-order valence-electron chi connectivity index (χ3n) is 7.73. The molecule has 1 N–H and O–H groups in total. The molecule has 8 heteroatoms. The molecule has 1 saturated heterocycles. The van der Waals surface area contributed by atoms with Crippen molar-refractivity contribution in [1.29, 1.82) is 5.26 Å². The fraction of sp³-hybridized carbons (Fsp3) is 0.483. The van der Waals surface area contributed by atoms with Crippen LogP contribution in [0, 0.1) is 28.1 Å². The van der Waals surface area contributed by atoms with Crippen LogP contribution in [0.1, 0.15) is 50.0 Å². The van der Waals surface area contributed by atoms with E-state index in [1.165, 1.54) is 0 Å². The van der Waals surface area contributed by atoms with Gasteiger partial charge >= 0.3 is 0 Å². The van der Waals surface area contributed by atoms with Crippen LogP contribution in [0.4, 0.5) is 5.69 Å². The molecule has 0 radical (unpaired) electrons. The van der Waals surface area contributed by atoms with Gasteiger partial charge in [-0.3, -0.25) is 9.79 Å². The number of amides is 1. The van der Waals surface area contributed by atoms with Crippen LogP contribution in [-0.2, 0) is 4.74 Å². The molecule has 196 valence electrons. The highest BCUT2D eigenvalue weighted by molar-refractivity contribution is 6.31. The van der Waals surface area contributed by atoms with E-state index >= 15 is 0 Å². The Labute approximate surface area is 224 Å². The molecule has 1 amide bonds. The number of hydrogen-bond acceptors (Lipinski definition) is 6. The van der Waals surface area contributed by atoms with Gasteiger partial charge in [-0.15, -0.1) is 0 Å². The molecule has 1 saturated carbocycles. The van der Waals surface area contributed by atoms with Crippen molar-refractivity contribution >= 4 is 29.9 Å². The molecule has 2 fully saturated rings. The van der Waals surface area contributed by atoms with E-state index in [2.05, 4.69) is 55.7 Å². The number of aliphatic imine (C=N–C) groups is 1. The number of hydrogen-bond donors (Lipinski definition) is 1. The fourth-order valence-corrected chi connectivity index (χ4v) is 6.19. The first-order valence-electron chi connectivity index (χ1n) is 12.6. The molecule has 7 nitrogen and oxygen atoms in total. The van der Waals surface area contributed by atoms with Crippen LogP contribution in [-0.4, -0.2) is 51.2 Å². The normalized spacial score (nSPS) is 21.8. The van der Waals surface area contributed by atoms with E-state index in [1.54, 1.807) is 18.2 Å². The number of rotatable bonds is 10. The molecule has 2 aliphatic rings. The van der Waals surface area contributed by atoms with Crippen molar-refractivity contribution in [1.82, 2.24) is 5.32 Å². The van der Waals surface area contributed by atoms with E-state index in [9.17, 15) is 4.79 Å². The van der Waals surface area contributed by atoms with E-state index in [0.29, 0.717) is 41.2 Å². The van der Waals surface area contributed by atoms with Crippen molar-refractivity contribution in [3.63, 3.8) is 0 Å². The van der Waals surface area contributed by atoms with Gasteiger partial charge in [-0.05, 0) is 55.5 Å². The lowest BCUT2D eigenvalue weighted by atomic mass is 9.49. The molecule has 37 heavy (non-hydrogen) atoms. The first-order valence-corrected chi connectivity index (χ1v) is 13.0. The minimum Gasteiger partial charge on any atom is -0.489 e. The quantitative estimate of drug-likeness (QED) is 0.337. The number of nitrogens with zero attached hydrogens (tertiary/aromatic N) is 3. The molecule has 0 bridgehead atoms. The lowest BCUT2D eigenvalue weighted by Gasteiger charge is -2.63. The van der Waals surface area contributed by atoms with Crippen molar-refractivity contribution in [3.05, 3.63) is 58.6 Å². The Kier molecular flexibility index (Phi) is 7.82. The summed E-state index contributed by atoms with van der Waals surface area (Å²) >= 11 is 6.19. The minimum absolute atomic E-state index is 0.0827. The second kappa shape index (κ2) is 10.7. The smallest absolute Gasteiger partial charge is 0.251 e. The number of benzene rings is 2. The molecule has 0 spiro atoms. The summed E-state index contributed by atoms with van der Waals surface area (Å²) in [4.78, 5) is 19.2. The Hall–Kier alpha value is -3.08. The molecule has 0 aromatic heterocycles. The third kappa shape index (κ3) is 5.46. The number of ether oxygens (including phenoxy) is 2. The van der Waals surface area contributed by atoms with Crippen LogP contribution in [0.3, 0.4) is 0 Å². The van der Waals surface area contributed by atoms with Crippen molar-refractivity contribution in [2.24, 2.45) is 21.7 Å². The van der Waals surface area contributed by atoms with Gasteiger partial charge < -0.3 is 19.7 Å². The standard InChI is InChI=1S/C29H35ClN4O3/c1-28(2)26(29(3,4)27(28)37-23-11-8-21(15-31)24(30)14-23)33-25(35)20-6-9-22(10-7-20)34-16-19(17-34)12-13-36-18-32-5/h6-11,14,19,26-27H,5,12-13,16-18H2,1-4H3,(H,33,35). The summed E-state index contributed by atoms with van der Waals surface area (Å²) < 4.78 is 11.7. The van der Waals surface area contributed by atoms with Crippen molar-refractivity contribution in [2.45, 2.75) is 46.3 Å². The Morgan fingerprint density at radius 1 is 1.19 bits per heavy atom. The zero-order chi connectivity index (χ0) is 26.8.